The molecule has 3 heterocycles. The molecule has 0 saturated heterocycles. The molecule has 130 valence electrons. The number of nitrogens with zero attached hydrogens (tertiary/aromatic N) is 6. The van der Waals surface area contributed by atoms with Gasteiger partial charge in [-0.05, 0) is 6.42 Å². The molecule has 2 aromatic heterocycles. The second-order valence-corrected chi connectivity index (χ2v) is 7.81. The number of fused-ring (bicyclic) bond motifs is 1. The fourth-order valence-electron chi connectivity index (χ4n) is 2.73. The van der Waals surface area contributed by atoms with Gasteiger partial charge in [0.1, 0.15) is 11.6 Å². The lowest BCUT2D eigenvalue weighted by Crippen LogP contribution is -2.41. The fourth-order valence-corrected chi connectivity index (χ4v) is 4.00. The van der Waals surface area contributed by atoms with Gasteiger partial charge in [-0.2, -0.15) is 4.31 Å². The third kappa shape index (κ3) is 2.49. The lowest BCUT2D eigenvalue weighted by atomic mass is 10.4. The highest BCUT2D eigenvalue weighted by molar-refractivity contribution is 7.89. The Bertz CT molecular complexity index is 1020. The Morgan fingerprint density at radius 3 is 2.67 bits per heavy atom. The van der Waals surface area contributed by atoms with Crippen molar-refractivity contribution in [2.75, 3.05) is 7.05 Å². The second kappa shape index (κ2) is 5.67. The summed E-state index contributed by atoms with van der Waals surface area (Å²) in [6, 6.07) is 0. The molecule has 11 heteroatoms. The van der Waals surface area contributed by atoms with Crippen molar-refractivity contribution in [2.45, 2.75) is 30.8 Å². The Kier molecular flexibility index (Phi) is 3.92. The topological polar surface area (TPSA) is 112 Å². The monoisotopic (exact) mass is 354 g/mol. The van der Waals surface area contributed by atoms with Crippen LogP contribution in [0.15, 0.2) is 20.7 Å². The van der Waals surface area contributed by atoms with Gasteiger partial charge >= 0.3 is 5.69 Å². The summed E-state index contributed by atoms with van der Waals surface area (Å²) in [7, 11) is -0.0541. The highest BCUT2D eigenvalue weighted by Crippen LogP contribution is 2.17. The second-order valence-electron chi connectivity index (χ2n) is 5.80. The third-order valence-electron chi connectivity index (χ3n) is 4.15. The molecule has 0 aliphatic carbocycles. The van der Waals surface area contributed by atoms with Crippen LogP contribution in [-0.4, -0.2) is 43.7 Å². The van der Waals surface area contributed by atoms with Crippen molar-refractivity contribution in [1.82, 2.24) is 28.2 Å². The first-order chi connectivity index (χ1) is 11.2. The van der Waals surface area contributed by atoms with Crippen LogP contribution in [0, 0.1) is 0 Å². The Morgan fingerprint density at radius 2 is 1.96 bits per heavy atom. The van der Waals surface area contributed by atoms with E-state index in [9.17, 15) is 18.0 Å². The zero-order chi connectivity index (χ0) is 17.6. The van der Waals surface area contributed by atoms with E-state index in [1.54, 1.807) is 0 Å². The van der Waals surface area contributed by atoms with Gasteiger partial charge in [0.25, 0.3) is 5.56 Å². The summed E-state index contributed by atoms with van der Waals surface area (Å²) in [4.78, 5) is 23.5. The van der Waals surface area contributed by atoms with Gasteiger partial charge in [-0.3, -0.25) is 9.36 Å². The predicted molar refractivity (Wildman–Crippen MR) is 83.9 cm³/mol. The molecule has 0 amide bonds. The quantitative estimate of drug-likeness (QED) is 0.656. The van der Waals surface area contributed by atoms with Crippen LogP contribution < -0.4 is 11.2 Å². The smallest absolute Gasteiger partial charge is 0.314 e. The molecular formula is C13H18N6O4S. The SMILES string of the molecule is CN(Cc1nnc2n1CCC2)S(=O)(=O)c1cn(C)c(=O)n(C)c1=O. The van der Waals surface area contributed by atoms with Crippen LogP contribution in [-0.2, 0) is 43.6 Å². The van der Waals surface area contributed by atoms with Crippen molar-refractivity contribution in [3.63, 3.8) is 0 Å². The van der Waals surface area contributed by atoms with Crippen molar-refractivity contribution < 1.29 is 8.42 Å². The summed E-state index contributed by atoms with van der Waals surface area (Å²) in [5.41, 5.74) is -1.44. The standard InChI is InChI=1S/C13H18N6O4S/c1-16-7-9(12(20)18(3)13(16)21)24(22,23)17(2)8-11-15-14-10-5-4-6-19(10)11/h7H,4-6,8H2,1-3H3. The maximum absolute atomic E-state index is 12.7. The summed E-state index contributed by atoms with van der Waals surface area (Å²) in [5.74, 6) is 1.38. The first kappa shape index (κ1) is 16.6. The van der Waals surface area contributed by atoms with E-state index in [-0.39, 0.29) is 6.54 Å². The van der Waals surface area contributed by atoms with Crippen LogP contribution in [0.3, 0.4) is 0 Å². The van der Waals surface area contributed by atoms with Crippen LogP contribution in [0.25, 0.3) is 0 Å². The van der Waals surface area contributed by atoms with E-state index >= 15 is 0 Å². The summed E-state index contributed by atoms with van der Waals surface area (Å²) >= 11 is 0. The van der Waals surface area contributed by atoms with E-state index in [0.29, 0.717) is 5.82 Å². The molecule has 10 nitrogen and oxygen atoms in total. The molecule has 0 spiro atoms. The maximum atomic E-state index is 12.7. The third-order valence-corrected chi connectivity index (χ3v) is 5.94. The zero-order valence-corrected chi connectivity index (χ0v) is 14.4. The molecule has 1 aliphatic rings. The van der Waals surface area contributed by atoms with Gasteiger partial charge in [-0.25, -0.2) is 13.2 Å². The molecule has 0 fully saturated rings. The number of aromatic nitrogens is 5. The van der Waals surface area contributed by atoms with Crippen LogP contribution in [0.5, 0.6) is 0 Å². The Balaban J connectivity index is 1.99. The molecule has 1 aliphatic heterocycles. The highest BCUT2D eigenvalue weighted by Gasteiger charge is 2.28. The van der Waals surface area contributed by atoms with Crippen molar-refractivity contribution in [2.24, 2.45) is 14.1 Å². The van der Waals surface area contributed by atoms with Gasteiger partial charge in [-0.15, -0.1) is 10.2 Å². The largest absolute Gasteiger partial charge is 0.330 e. The minimum Gasteiger partial charge on any atom is -0.314 e. The van der Waals surface area contributed by atoms with Crippen LogP contribution in [0.4, 0.5) is 0 Å². The van der Waals surface area contributed by atoms with E-state index in [2.05, 4.69) is 10.2 Å². The van der Waals surface area contributed by atoms with Gasteiger partial charge in [0.2, 0.25) is 10.0 Å². The fraction of sp³-hybridized carbons (Fsp3) is 0.538. The van der Waals surface area contributed by atoms with Crippen LogP contribution in [0.1, 0.15) is 18.1 Å². The molecule has 0 aromatic carbocycles. The summed E-state index contributed by atoms with van der Waals surface area (Å²) < 4.78 is 30.2. The van der Waals surface area contributed by atoms with Gasteiger partial charge in [-0.1, -0.05) is 0 Å². The number of hydrogen-bond donors (Lipinski definition) is 0. The van der Waals surface area contributed by atoms with Crippen molar-refractivity contribution >= 4 is 10.0 Å². The van der Waals surface area contributed by atoms with Crippen molar-refractivity contribution in [1.29, 1.82) is 0 Å². The normalized spacial score (nSPS) is 14.3. The lowest BCUT2D eigenvalue weighted by molar-refractivity contribution is 0.444. The van der Waals surface area contributed by atoms with E-state index in [0.717, 1.165) is 44.8 Å². The molecule has 0 N–H and O–H groups in total. The molecule has 0 radical (unpaired) electrons. The van der Waals surface area contributed by atoms with Crippen LogP contribution in [0.2, 0.25) is 0 Å². The van der Waals surface area contributed by atoms with Crippen molar-refractivity contribution in [3.05, 3.63) is 38.7 Å². The summed E-state index contributed by atoms with van der Waals surface area (Å²) in [6.45, 7) is 0.758. The van der Waals surface area contributed by atoms with Gasteiger partial charge in [0, 0.05) is 40.3 Å². The number of hydrogen-bond acceptors (Lipinski definition) is 6. The number of rotatable bonds is 4. The van der Waals surface area contributed by atoms with E-state index in [4.69, 9.17) is 0 Å². The zero-order valence-electron chi connectivity index (χ0n) is 13.6. The highest BCUT2D eigenvalue weighted by atomic mass is 32.2. The molecule has 0 bridgehead atoms. The first-order valence-electron chi connectivity index (χ1n) is 7.37. The average Bonchev–Trinajstić information content (AvgIpc) is 3.13. The van der Waals surface area contributed by atoms with Crippen LogP contribution >= 0.6 is 0 Å². The van der Waals surface area contributed by atoms with Gasteiger partial charge in [0.15, 0.2) is 4.90 Å². The van der Waals surface area contributed by atoms with E-state index in [1.165, 1.54) is 21.1 Å². The maximum Gasteiger partial charge on any atom is 0.330 e. The Hall–Kier alpha value is -2.27. The number of aryl methyl sites for hydroxylation is 2. The molecule has 3 rings (SSSR count). The summed E-state index contributed by atoms with van der Waals surface area (Å²) in [5, 5.41) is 8.07. The molecule has 0 saturated carbocycles. The minimum absolute atomic E-state index is 0.00132. The van der Waals surface area contributed by atoms with Gasteiger partial charge in [0.05, 0.1) is 6.54 Å². The minimum atomic E-state index is -4.07. The van der Waals surface area contributed by atoms with Crippen molar-refractivity contribution in [3.8, 4) is 0 Å². The molecule has 0 atom stereocenters. The molecule has 24 heavy (non-hydrogen) atoms. The number of sulfonamides is 1. The average molecular weight is 354 g/mol. The first-order valence-corrected chi connectivity index (χ1v) is 8.81. The molecule has 2 aromatic rings. The van der Waals surface area contributed by atoms with E-state index in [1.807, 2.05) is 4.57 Å². The summed E-state index contributed by atoms with van der Waals surface area (Å²) in [6.07, 6.45) is 2.82. The predicted octanol–water partition coefficient (Wildman–Crippen LogP) is -1.56. The van der Waals surface area contributed by atoms with Gasteiger partial charge < -0.3 is 9.13 Å². The Morgan fingerprint density at radius 1 is 1.25 bits per heavy atom. The molecule has 0 unspecified atom stereocenters. The Labute approximate surface area is 138 Å². The lowest BCUT2D eigenvalue weighted by Gasteiger charge is -2.17. The van der Waals surface area contributed by atoms with E-state index < -0.39 is 26.2 Å². The molecular weight excluding hydrogens is 336 g/mol.